The lowest BCUT2D eigenvalue weighted by Gasteiger charge is -2.39. The monoisotopic (exact) mass is 384 g/mol. The summed E-state index contributed by atoms with van der Waals surface area (Å²) in [4.78, 5) is 7.24. The van der Waals surface area contributed by atoms with Crippen LogP contribution in [0, 0.1) is 5.92 Å². The molecule has 2 rings (SSSR count). The maximum Gasteiger partial charge on any atom is 0.191 e. The van der Waals surface area contributed by atoms with E-state index >= 15 is 0 Å². The highest BCUT2D eigenvalue weighted by Gasteiger charge is 2.30. The van der Waals surface area contributed by atoms with Crippen LogP contribution in [0.4, 0.5) is 0 Å². The van der Waals surface area contributed by atoms with Gasteiger partial charge in [-0.15, -0.1) is 0 Å². The number of nitrogens with one attached hydrogen (secondary N) is 2. The highest BCUT2D eigenvalue weighted by atomic mass is 16.5. The lowest BCUT2D eigenvalue weighted by atomic mass is 9.92. The first-order valence-corrected chi connectivity index (χ1v) is 10.8. The summed E-state index contributed by atoms with van der Waals surface area (Å²) in [5, 5.41) is 17.5. The molecule has 27 heavy (non-hydrogen) atoms. The molecule has 0 spiro atoms. The highest BCUT2D eigenvalue weighted by Crippen LogP contribution is 2.21. The first-order valence-electron chi connectivity index (χ1n) is 10.8. The molecular weight excluding hydrogens is 344 g/mol. The van der Waals surface area contributed by atoms with Crippen molar-refractivity contribution < 1.29 is 14.6 Å². The Morgan fingerprint density at radius 2 is 1.67 bits per heavy atom. The molecule has 0 aromatic rings. The lowest BCUT2D eigenvalue weighted by molar-refractivity contribution is -0.0566. The molecule has 158 valence electrons. The van der Waals surface area contributed by atoms with Gasteiger partial charge in [0.2, 0.25) is 0 Å². The van der Waals surface area contributed by atoms with Crippen molar-refractivity contribution in [2.24, 2.45) is 10.9 Å². The van der Waals surface area contributed by atoms with E-state index in [2.05, 4.69) is 41.3 Å². The van der Waals surface area contributed by atoms with E-state index in [1.54, 1.807) is 0 Å². The normalized spacial score (nSPS) is 22.6. The maximum atomic E-state index is 10.7. The molecule has 0 bridgehead atoms. The van der Waals surface area contributed by atoms with E-state index in [1.165, 1.54) is 12.8 Å². The van der Waals surface area contributed by atoms with Crippen LogP contribution in [0.25, 0.3) is 0 Å². The molecule has 2 aliphatic heterocycles. The zero-order valence-corrected chi connectivity index (χ0v) is 17.5. The Morgan fingerprint density at radius 1 is 1.04 bits per heavy atom. The SMILES string of the molecule is CCNC(=NCC1(O)CCOCC1)NCC(C(CC)CC)N1CCOCC1. The van der Waals surface area contributed by atoms with Crippen molar-refractivity contribution in [3.05, 3.63) is 0 Å². The van der Waals surface area contributed by atoms with Gasteiger partial charge in [-0.1, -0.05) is 26.7 Å². The summed E-state index contributed by atoms with van der Waals surface area (Å²) >= 11 is 0. The third-order valence-corrected chi connectivity index (χ3v) is 5.89. The Kier molecular flexibility index (Phi) is 9.82. The van der Waals surface area contributed by atoms with Gasteiger partial charge in [0.25, 0.3) is 0 Å². The van der Waals surface area contributed by atoms with Crippen molar-refractivity contribution in [2.75, 3.05) is 59.2 Å². The quantitative estimate of drug-likeness (QED) is 0.410. The van der Waals surface area contributed by atoms with E-state index in [0.29, 0.717) is 44.6 Å². The van der Waals surface area contributed by atoms with Crippen LogP contribution in [0.15, 0.2) is 4.99 Å². The number of ether oxygens (including phenoxy) is 2. The summed E-state index contributed by atoms with van der Waals surface area (Å²) in [7, 11) is 0. The van der Waals surface area contributed by atoms with Crippen LogP contribution in [0.2, 0.25) is 0 Å². The van der Waals surface area contributed by atoms with E-state index in [4.69, 9.17) is 9.47 Å². The molecule has 0 radical (unpaired) electrons. The Bertz CT molecular complexity index is 431. The Hall–Kier alpha value is -0.890. The van der Waals surface area contributed by atoms with E-state index in [9.17, 15) is 5.11 Å². The van der Waals surface area contributed by atoms with Crippen molar-refractivity contribution in [3.63, 3.8) is 0 Å². The number of guanidine groups is 1. The van der Waals surface area contributed by atoms with Crippen molar-refractivity contribution in [1.82, 2.24) is 15.5 Å². The van der Waals surface area contributed by atoms with Crippen LogP contribution in [-0.4, -0.2) is 86.8 Å². The van der Waals surface area contributed by atoms with Gasteiger partial charge in [-0.3, -0.25) is 9.89 Å². The number of hydrogen-bond donors (Lipinski definition) is 3. The molecule has 2 aliphatic rings. The number of aliphatic imine (C=N–C) groups is 1. The molecular formula is C20H40N4O3. The molecule has 1 unspecified atom stereocenters. The molecule has 2 fully saturated rings. The first kappa shape index (κ1) is 22.4. The standard InChI is InChI=1S/C20H40N4O3/c1-4-17(5-2)18(24-9-13-27-14-10-24)15-22-19(21-6-3)23-16-20(25)7-11-26-12-8-20/h17-18,25H,4-16H2,1-3H3,(H2,21,22,23). The average Bonchev–Trinajstić information content (AvgIpc) is 2.70. The Morgan fingerprint density at radius 3 is 2.26 bits per heavy atom. The summed E-state index contributed by atoms with van der Waals surface area (Å²) < 4.78 is 10.9. The number of aliphatic hydroxyl groups is 1. The minimum absolute atomic E-state index is 0.416. The Labute approximate surface area is 164 Å². The predicted octanol–water partition coefficient (Wildman–Crippen LogP) is 1.22. The van der Waals surface area contributed by atoms with Crippen LogP contribution < -0.4 is 10.6 Å². The summed E-state index contributed by atoms with van der Waals surface area (Å²) in [6.45, 7) is 13.6. The number of rotatable bonds is 9. The molecule has 1 atom stereocenters. The van der Waals surface area contributed by atoms with Crippen molar-refractivity contribution in [2.45, 2.75) is 58.1 Å². The minimum Gasteiger partial charge on any atom is -0.388 e. The smallest absolute Gasteiger partial charge is 0.191 e. The summed E-state index contributed by atoms with van der Waals surface area (Å²) in [6, 6.07) is 0.471. The van der Waals surface area contributed by atoms with Gasteiger partial charge in [0.15, 0.2) is 5.96 Å². The van der Waals surface area contributed by atoms with E-state index in [0.717, 1.165) is 45.4 Å². The second kappa shape index (κ2) is 11.8. The number of hydrogen-bond acceptors (Lipinski definition) is 5. The molecule has 2 heterocycles. The van der Waals surface area contributed by atoms with Crippen molar-refractivity contribution in [3.8, 4) is 0 Å². The summed E-state index contributed by atoms with van der Waals surface area (Å²) in [5.41, 5.74) is -0.737. The van der Waals surface area contributed by atoms with Gasteiger partial charge >= 0.3 is 0 Å². The molecule has 0 aromatic heterocycles. The van der Waals surface area contributed by atoms with Crippen LogP contribution >= 0.6 is 0 Å². The molecule has 3 N–H and O–H groups in total. The zero-order valence-electron chi connectivity index (χ0n) is 17.5. The molecule has 7 nitrogen and oxygen atoms in total. The third-order valence-electron chi connectivity index (χ3n) is 5.89. The van der Waals surface area contributed by atoms with Gasteiger partial charge in [0, 0.05) is 58.3 Å². The number of morpholine rings is 1. The minimum atomic E-state index is -0.737. The van der Waals surface area contributed by atoms with Gasteiger partial charge in [-0.25, -0.2) is 0 Å². The molecule has 0 aromatic carbocycles. The second-order valence-electron chi connectivity index (χ2n) is 7.71. The zero-order chi connectivity index (χ0) is 19.5. The van der Waals surface area contributed by atoms with Crippen LogP contribution in [0.1, 0.15) is 46.5 Å². The van der Waals surface area contributed by atoms with E-state index in [-0.39, 0.29) is 0 Å². The van der Waals surface area contributed by atoms with Crippen LogP contribution in [0.5, 0.6) is 0 Å². The molecule has 2 saturated heterocycles. The average molecular weight is 385 g/mol. The number of nitrogens with zero attached hydrogens (tertiary/aromatic N) is 2. The molecule has 0 aliphatic carbocycles. The van der Waals surface area contributed by atoms with E-state index in [1.807, 2.05) is 0 Å². The van der Waals surface area contributed by atoms with Crippen molar-refractivity contribution in [1.29, 1.82) is 0 Å². The van der Waals surface area contributed by atoms with Gasteiger partial charge in [-0.2, -0.15) is 0 Å². The van der Waals surface area contributed by atoms with Crippen LogP contribution in [0.3, 0.4) is 0 Å². The fraction of sp³-hybridized carbons (Fsp3) is 0.950. The van der Waals surface area contributed by atoms with E-state index < -0.39 is 5.60 Å². The second-order valence-corrected chi connectivity index (χ2v) is 7.71. The maximum absolute atomic E-state index is 10.7. The predicted molar refractivity (Wildman–Crippen MR) is 109 cm³/mol. The topological polar surface area (TPSA) is 78.4 Å². The van der Waals surface area contributed by atoms with Gasteiger partial charge < -0.3 is 25.2 Å². The van der Waals surface area contributed by atoms with Gasteiger partial charge in [0.05, 0.1) is 25.4 Å². The molecule has 7 heteroatoms. The lowest BCUT2D eigenvalue weighted by Crippen LogP contribution is -2.53. The summed E-state index contributed by atoms with van der Waals surface area (Å²) in [5.74, 6) is 1.44. The Balaban J connectivity index is 1.97. The highest BCUT2D eigenvalue weighted by molar-refractivity contribution is 5.79. The molecule has 0 saturated carbocycles. The van der Waals surface area contributed by atoms with Crippen molar-refractivity contribution >= 4 is 5.96 Å². The fourth-order valence-corrected chi connectivity index (χ4v) is 4.01. The molecule has 0 amide bonds. The van der Waals surface area contributed by atoms with Gasteiger partial charge in [0.1, 0.15) is 0 Å². The summed E-state index contributed by atoms with van der Waals surface area (Å²) in [6.07, 6.45) is 3.65. The van der Waals surface area contributed by atoms with Gasteiger partial charge in [-0.05, 0) is 12.8 Å². The first-order chi connectivity index (χ1) is 13.1. The third kappa shape index (κ3) is 7.22. The largest absolute Gasteiger partial charge is 0.388 e. The van der Waals surface area contributed by atoms with Crippen LogP contribution in [-0.2, 0) is 9.47 Å². The fourth-order valence-electron chi connectivity index (χ4n) is 4.01.